The van der Waals surface area contributed by atoms with E-state index in [2.05, 4.69) is 20.5 Å². The Bertz CT molecular complexity index is 721. The molecule has 22 heavy (non-hydrogen) atoms. The van der Waals surface area contributed by atoms with Gasteiger partial charge in [-0.3, -0.25) is 9.89 Å². The van der Waals surface area contributed by atoms with Crippen LogP contribution in [0.25, 0.3) is 10.7 Å². The minimum atomic E-state index is -0.0200. The average Bonchev–Trinajstić information content (AvgIpc) is 3.25. The van der Waals surface area contributed by atoms with E-state index in [0.29, 0.717) is 10.9 Å². The SMILES string of the molecule is C[C@@H](NC(=O)CSc1n[nH]c(-c2cccs2)n1)c1cccs1. The van der Waals surface area contributed by atoms with Crippen LogP contribution >= 0.6 is 34.4 Å². The number of nitrogens with one attached hydrogen (secondary N) is 2. The molecule has 0 fully saturated rings. The van der Waals surface area contributed by atoms with Gasteiger partial charge in [0.15, 0.2) is 5.82 Å². The van der Waals surface area contributed by atoms with Crippen molar-refractivity contribution in [2.24, 2.45) is 0 Å². The third-order valence-corrected chi connectivity index (χ3v) is 5.68. The number of thioether (sulfide) groups is 1. The van der Waals surface area contributed by atoms with E-state index >= 15 is 0 Å². The molecule has 114 valence electrons. The predicted octanol–water partition coefficient (Wildman–Crippen LogP) is 3.56. The van der Waals surface area contributed by atoms with Crippen LogP contribution in [0.1, 0.15) is 17.8 Å². The summed E-state index contributed by atoms with van der Waals surface area (Å²) >= 11 is 4.57. The summed E-state index contributed by atoms with van der Waals surface area (Å²) in [4.78, 5) is 18.5. The van der Waals surface area contributed by atoms with Crippen LogP contribution in [0, 0.1) is 0 Å². The fourth-order valence-corrected chi connectivity index (χ4v) is 3.86. The molecule has 0 radical (unpaired) electrons. The predicted molar refractivity (Wildman–Crippen MR) is 91.3 cm³/mol. The topological polar surface area (TPSA) is 70.7 Å². The maximum atomic E-state index is 12.0. The monoisotopic (exact) mass is 350 g/mol. The average molecular weight is 350 g/mol. The molecule has 3 heterocycles. The fraction of sp³-hybridized carbons (Fsp3) is 0.214. The summed E-state index contributed by atoms with van der Waals surface area (Å²) in [6.45, 7) is 1.98. The molecule has 0 aliphatic carbocycles. The van der Waals surface area contributed by atoms with Gasteiger partial charge in [-0.05, 0) is 29.8 Å². The van der Waals surface area contributed by atoms with E-state index < -0.39 is 0 Å². The van der Waals surface area contributed by atoms with E-state index in [1.165, 1.54) is 11.8 Å². The first-order valence-corrected chi connectivity index (χ1v) is 9.38. The Hall–Kier alpha value is -1.64. The molecule has 0 aliphatic rings. The number of nitrogens with zero attached hydrogens (tertiary/aromatic N) is 2. The molecule has 0 aliphatic heterocycles. The molecule has 3 aromatic rings. The van der Waals surface area contributed by atoms with Crippen LogP contribution in [0.2, 0.25) is 0 Å². The van der Waals surface area contributed by atoms with Crippen LogP contribution in [0.4, 0.5) is 0 Å². The lowest BCUT2D eigenvalue weighted by Crippen LogP contribution is -2.27. The number of rotatable bonds is 6. The van der Waals surface area contributed by atoms with Crippen molar-refractivity contribution in [3.63, 3.8) is 0 Å². The minimum Gasteiger partial charge on any atom is -0.348 e. The highest BCUT2D eigenvalue weighted by molar-refractivity contribution is 7.99. The Labute approximate surface area is 140 Å². The molecule has 1 atom stereocenters. The molecule has 2 N–H and O–H groups in total. The minimum absolute atomic E-state index is 0.0200. The van der Waals surface area contributed by atoms with Crippen molar-refractivity contribution in [2.75, 3.05) is 5.75 Å². The van der Waals surface area contributed by atoms with Gasteiger partial charge in [0, 0.05) is 4.88 Å². The van der Waals surface area contributed by atoms with Crippen LogP contribution in [-0.2, 0) is 4.79 Å². The van der Waals surface area contributed by atoms with Gasteiger partial charge in [0.1, 0.15) is 0 Å². The van der Waals surface area contributed by atoms with Gasteiger partial charge in [0.2, 0.25) is 11.1 Å². The fourth-order valence-electron chi connectivity index (χ4n) is 1.86. The maximum Gasteiger partial charge on any atom is 0.230 e. The lowest BCUT2D eigenvalue weighted by atomic mass is 10.3. The van der Waals surface area contributed by atoms with Gasteiger partial charge < -0.3 is 5.32 Å². The van der Waals surface area contributed by atoms with Gasteiger partial charge >= 0.3 is 0 Å². The largest absolute Gasteiger partial charge is 0.348 e. The van der Waals surface area contributed by atoms with Crippen molar-refractivity contribution < 1.29 is 4.79 Å². The number of aromatic nitrogens is 3. The van der Waals surface area contributed by atoms with Crippen molar-refractivity contribution in [1.82, 2.24) is 20.5 Å². The van der Waals surface area contributed by atoms with Gasteiger partial charge in [-0.1, -0.05) is 23.9 Å². The summed E-state index contributed by atoms with van der Waals surface area (Å²) < 4.78 is 0. The summed E-state index contributed by atoms with van der Waals surface area (Å²) in [5.41, 5.74) is 0. The van der Waals surface area contributed by atoms with E-state index in [1.54, 1.807) is 22.7 Å². The molecule has 0 saturated carbocycles. The zero-order valence-electron chi connectivity index (χ0n) is 11.8. The summed E-state index contributed by atoms with van der Waals surface area (Å²) in [7, 11) is 0. The number of carbonyl (C=O) groups is 1. The van der Waals surface area contributed by atoms with E-state index in [4.69, 9.17) is 0 Å². The number of hydrogen-bond acceptors (Lipinski definition) is 6. The number of H-pyrrole nitrogens is 1. The van der Waals surface area contributed by atoms with Crippen LogP contribution in [0.15, 0.2) is 40.2 Å². The highest BCUT2D eigenvalue weighted by Crippen LogP contribution is 2.23. The molecule has 0 bridgehead atoms. The van der Waals surface area contributed by atoms with E-state index in [-0.39, 0.29) is 11.9 Å². The molecule has 3 rings (SSSR count). The Morgan fingerprint density at radius 1 is 1.36 bits per heavy atom. The van der Waals surface area contributed by atoms with E-state index in [0.717, 1.165) is 15.6 Å². The van der Waals surface area contributed by atoms with Crippen molar-refractivity contribution in [2.45, 2.75) is 18.1 Å². The van der Waals surface area contributed by atoms with Crippen LogP contribution < -0.4 is 5.32 Å². The third-order valence-electron chi connectivity index (χ3n) is 2.90. The lowest BCUT2D eigenvalue weighted by molar-refractivity contribution is -0.119. The molecule has 8 heteroatoms. The molecular weight excluding hydrogens is 336 g/mol. The van der Waals surface area contributed by atoms with Crippen molar-refractivity contribution in [3.05, 3.63) is 39.9 Å². The quantitative estimate of drug-likeness (QED) is 0.667. The second-order valence-electron chi connectivity index (χ2n) is 4.54. The molecule has 0 saturated heterocycles. The van der Waals surface area contributed by atoms with Crippen molar-refractivity contribution in [3.8, 4) is 10.7 Å². The van der Waals surface area contributed by atoms with Gasteiger partial charge in [-0.2, -0.15) is 0 Å². The van der Waals surface area contributed by atoms with Crippen LogP contribution in [0.3, 0.4) is 0 Å². The number of thiophene rings is 2. The molecule has 3 aromatic heterocycles. The Balaban J connectivity index is 1.51. The maximum absolute atomic E-state index is 12.0. The first-order chi connectivity index (χ1) is 10.7. The van der Waals surface area contributed by atoms with Gasteiger partial charge in [-0.25, -0.2) is 4.98 Å². The zero-order valence-corrected chi connectivity index (χ0v) is 14.2. The van der Waals surface area contributed by atoms with E-state index in [1.807, 2.05) is 41.9 Å². The van der Waals surface area contributed by atoms with Gasteiger partial charge in [0.05, 0.1) is 16.7 Å². The van der Waals surface area contributed by atoms with E-state index in [9.17, 15) is 4.79 Å². The highest BCUT2D eigenvalue weighted by atomic mass is 32.2. The number of amides is 1. The van der Waals surface area contributed by atoms with Crippen molar-refractivity contribution in [1.29, 1.82) is 0 Å². The number of hydrogen-bond donors (Lipinski definition) is 2. The molecule has 5 nitrogen and oxygen atoms in total. The Morgan fingerprint density at radius 2 is 2.18 bits per heavy atom. The second-order valence-corrected chi connectivity index (χ2v) is 7.41. The summed E-state index contributed by atoms with van der Waals surface area (Å²) in [5.74, 6) is 1.02. The smallest absolute Gasteiger partial charge is 0.230 e. The number of carbonyl (C=O) groups excluding carboxylic acids is 1. The molecule has 0 unspecified atom stereocenters. The normalized spacial score (nSPS) is 12.2. The first kappa shape index (κ1) is 15.3. The molecule has 0 aromatic carbocycles. The third kappa shape index (κ3) is 3.76. The summed E-state index contributed by atoms with van der Waals surface area (Å²) in [6.07, 6.45) is 0. The second kappa shape index (κ2) is 7.08. The Morgan fingerprint density at radius 3 is 2.91 bits per heavy atom. The number of aromatic amines is 1. The molecule has 1 amide bonds. The van der Waals surface area contributed by atoms with Crippen LogP contribution in [0.5, 0.6) is 0 Å². The Kier molecular flexibility index (Phi) is 4.91. The summed E-state index contributed by atoms with van der Waals surface area (Å²) in [5, 5.41) is 14.6. The molecule has 0 spiro atoms. The zero-order chi connectivity index (χ0) is 15.4. The van der Waals surface area contributed by atoms with Gasteiger partial charge in [0.25, 0.3) is 0 Å². The molecular formula is C14H14N4OS3. The van der Waals surface area contributed by atoms with Crippen molar-refractivity contribution >= 4 is 40.3 Å². The highest BCUT2D eigenvalue weighted by Gasteiger charge is 2.12. The summed E-state index contributed by atoms with van der Waals surface area (Å²) in [6, 6.07) is 7.98. The lowest BCUT2D eigenvalue weighted by Gasteiger charge is -2.11. The van der Waals surface area contributed by atoms with Crippen LogP contribution in [-0.4, -0.2) is 26.8 Å². The first-order valence-electron chi connectivity index (χ1n) is 6.64. The van der Waals surface area contributed by atoms with Gasteiger partial charge in [-0.15, -0.1) is 27.8 Å². The standard InChI is InChI=1S/C14H14N4OS3/c1-9(10-4-2-6-20-10)15-12(19)8-22-14-16-13(17-18-14)11-5-3-7-21-11/h2-7,9H,8H2,1H3,(H,15,19)(H,16,17,18)/t9-/m1/s1.